The fourth-order valence-corrected chi connectivity index (χ4v) is 2.48. The van der Waals surface area contributed by atoms with Crippen molar-refractivity contribution < 1.29 is 0 Å². The molecular formula is C14H16N4. The van der Waals surface area contributed by atoms with Gasteiger partial charge in [0.1, 0.15) is 0 Å². The van der Waals surface area contributed by atoms with Crippen LogP contribution in [0.25, 0.3) is 0 Å². The third kappa shape index (κ3) is 1.45. The van der Waals surface area contributed by atoms with Gasteiger partial charge in [-0.25, -0.2) is 9.97 Å². The van der Waals surface area contributed by atoms with E-state index in [1.165, 1.54) is 0 Å². The predicted molar refractivity (Wildman–Crippen MR) is 73.8 cm³/mol. The molecule has 0 N–H and O–H groups in total. The monoisotopic (exact) mass is 240 g/mol. The number of fused-ring (bicyclic) bond motifs is 2. The van der Waals surface area contributed by atoms with Crippen LogP contribution >= 0.6 is 0 Å². The van der Waals surface area contributed by atoms with Crippen molar-refractivity contribution in [3.63, 3.8) is 0 Å². The third-order valence-electron chi connectivity index (χ3n) is 3.26. The minimum Gasteiger partial charge on any atom is -0.322 e. The first-order chi connectivity index (χ1) is 8.86. The molecule has 18 heavy (non-hydrogen) atoms. The van der Waals surface area contributed by atoms with Crippen LogP contribution in [0.5, 0.6) is 0 Å². The molecule has 0 radical (unpaired) electrons. The topological polar surface area (TPSA) is 32.3 Å². The largest absolute Gasteiger partial charge is 0.322 e. The van der Waals surface area contributed by atoms with Crippen molar-refractivity contribution in [1.82, 2.24) is 9.97 Å². The summed E-state index contributed by atoms with van der Waals surface area (Å²) in [5.41, 5.74) is 2.26. The van der Waals surface area contributed by atoms with Crippen LogP contribution in [0.2, 0.25) is 0 Å². The molecule has 0 saturated carbocycles. The number of nitrogens with zero attached hydrogens (tertiary/aromatic N) is 4. The van der Waals surface area contributed by atoms with E-state index in [1.807, 2.05) is 24.5 Å². The van der Waals surface area contributed by atoms with Crippen molar-refractivity contribution >= 4 is 23.0 Å². The summed E-state index contributed by atoms with van der Waals surface area (Å²) in [5.74, 6) is 2.03. The highest BCUT2D eigenvalue weighted by atomic mass is 15.3. The predicted octanol–water partition coefficient (Wildman–Crippen LogP) is 3.11. The van der Waals surface area contributed by atoms with Crippen molar-refractivity contribution in [2.75, 3.05) is 22.9 Å². The number of aromatic nitrogens is 2. The van der Waals surface area contributed by atoms with Crippen LogP contribution in [0, 0.1) is 0 Å². The maximum absolute atomic E-state index is 4.53. The molecular weight excluding hydrogens is 224 g/mol. The third-order valence-corrected chi connectivity index (χ3v) is 3.26. The summed E-state index contributed by atoms with van der Waals surface area (Å²) >= 11 is 0. The summed E-state index contributed by atoms with van der Waals surface area (Å²) in [6, 6.07) is 8.16. The molecule has 2 aromatic heterocycles. The van der Waals surface area contributed by atoms with E-state index in [-0.39, 0.29) is 0 Å². The average molecular weight is 240 g/mol. The van der Waals surface area contributed by atoms with Gasteiger partial charge in [0.2, 0.25) is 0 Å². The van der Waals surface area contributed by atoms with Crippen molar-refractivity contribution in [3.8, 4) is 0 Å². The Labute approximate surface area is 107 Å². The van der Waals surface area contributed by atoms with E-state index in [9.17, 15) is 0 Å². The molecule has 0 unspecified atom stereocenters. The Bertz CT molecular complexity index is 470. The first-order valence-electron chi connectivity index (χ1n) is 6.32. The maximum atomic E-state index is 4.53. The molecule has 1 aliphatic rings. The van der Waals surface area contributed by atoms with E-state index >= 15 is 0 Å². The summed E-state index contributed by atoms with van der Waals surface area (Å²) in [6.07, 6.45) is 3.69. The highest BCUT2D eigenvalue weighted by Crippen LogP contribution is 2.44. The SMILES string of the molecule is CCN1c2cccnc2N(CC)c2cccnc21. The Morgan fingerprint density at radius 1 is 0.833 bits per heavy atom. The van der Waals surface area contributed by atoms with E-state index in [0.29, 0.717) is 0 Å². The molecule has 0 spiro atoms. The average Bonchev–Trinajstić information content (AvgIpc) is 2.44. The van der Waals surface area contributed by atoms with Gasteiger partial charge in [-0.3, -0.25) is 0 Å². The normalized spacial score (nSPS) is 13.2. The molecule has 0 atom stereocenters. The second kappa shape index (κ2) is 4.29. The van der Waals surface area contributed by atoms with Crippen molar-refractivity contribution in [1.29, 1.82) is 0 Å². The Morgan fingerprint density at radius 3 is 1.67 bits per heavy atom. The zero-order chi connectivity index (χ0) is 12.5. The molecule has 0 amide bonds. The Kier molecular flexibility index (Phi) is 2.63. The first kappa shape index (κ1) is 11.0. The molecule has 0 aliphatic carbocycles. The van der Waals surface area contributed by atoms with E-state index in [1.54, 1.807) is 0 Å². The highest BCUT2D eigenvalue weighted by molar-refractivity contribution is 5.89. The van der Waals surface area contributed by atoms with Crippen LogP contribution in [0.1, 0.15) is 13.8 Å². The van der Waals surface area contributed by atoms with Gasteiger partial charge in [-0.15, -0.1) is 0 Å². The lowest BCUT2D eigenvalue weighted by Crippen LogP contribution is -2.30. The van der Waals surface area contributed by atoms with Gasteiger partial charge >= 0.3 is 0 Å². The highest BCUT2D eigenvalue weighted by Gasteiger charge is 2.28. The quantitative estimate of drug-likeness (QED) is 0.807. The summed E-state index contributed by atoms with van der Waals surface area (Å²) in [4.78, 5) is 13.5. The van der Waals surface area contributed by atoms with Crippen LogP contribution in [0.3, 0.4) is 0 Å². The lowest BCUT2D eigenvalue weighted by atomic mass is 10.2. The van der Waals surface area contributed by atoms with Gasteiger partial charge in [0.25, 0.3) is 0 Å². The molecule has 0 aromatic carbocycles. The fraction of sp³-hybridized carbons (Fsp3) is 0.286. The molecule has 0 bridgehead atoms. The molecule has 0 saturated heterocycles. The number of anilines is 4. The van der Waals surface area contributed by atoms with E-state index in [4.69, 9.17) is 0 Å². The summed E-state index contributed by atoms with van der Waals surface area (Å²) in [7, 11) is 0. The first-order valence-corrected chi connectivity index (χ1v) is 6.32. The zero-order valence-electron chi connectivity index (χ0n) is 10.7. The van der Waals surface area contributed by atoms with Crippen LogP contribution in [0.4, 0.5) is 23.0 Å². The number of hydrogen-bond donors (Lipinski definition) is 0. The lowest BCUT2D eigenvalue weighted by molar-refractivity contribution is 0.903. The minimum atomic E-state index is 0.889. The molecule has 4 heteroatoms. The Balaban J connectivity index is 2.25. The van der Waals surface area contributed by atoms with Crippen LogP contribution in [0.15, 0.2) is 36.7 Å². The molecule has 92 valence electrons. The van der Waals surface area contributed by atoms with Crippen LogP contribution in [-0.2, 0) is 0 Å². The second-order valence-electron chi connectivity index (χ2n) is 4.18. The molecule has 1 aliphatic heterocycles. The smallest absolute Gasteiger partial charge is 0.157 e. The van der Waals surface area contributed by atoms with Crippen molar-refractivity contribution in [2.24, 2.45) is 0 Å². The number of pyridine rings is 2. The minimum absolute atomic E-state index is 0.889. The summed E-state index contributed by atoms with van der Waals surface area (Å²) in [5, 5.41) is 0. The molecule has 3 rings (SSSR count). The van der Waals surface area contributed by atoms with Crippen molar-refractivity contribution in [2.45, 2.75) is 13.8 Å². The van der Waals surface area contributed by atoms with Crippen molar-refractivity contribution in [3.05, 3.63) is 36.7 Å². The summed E-state index contributed by atoms with van der Waals surface area (Å²) < 4.78 is 0. The Morgan fingerprint density at radius 2 is 1.28 bits per heavy atom. The van der Waals surface area contributed by atoms with Gasteiger partial charge in [-0.1, -0.05) is 0 Å². The van der Waals surface area contributed by atoms with Gasteiger partial charge in [0.05, 0.1) is 11.4 Å². The molecule has 4 nitrogen and oxygen atoms in total. The van der Waals surface area contributed by atoms with Gasteiger partial charge in [-0.2, -0.15) is 0 Å². The second-order valence-corrected chi connectivity index (χ2v) is 4.18. The summed E-state index contributed by atoms with van der Waals surface area (Å²) in [6.45, 7) is 6.05. The lowest BCUT2D eigenvalue weighted by Gasteiger charge is -2.37. The van der Waals surface area contributed by atoms with Crippen LogP contribution < -0.4 is 9.80 Å². The van der Waals surface area contributed by atoms with E-state index in [2.05, 4.69) is 45.7 Å². The van der Waals surface area contributed by atoms with Gasteiger partial charge < -0.3 is 9.80 Å². The van der Waals surface area contributed by atoms with Gasteiger partial charge in [0.15, 0.2) is 11.6 Å². The van der Waals surface area contributed by atoms with Gasteiger partial charge in [0, 0.05) is 25.5 Å². The Hall–Kier alpha value is -2.10. The number of hydrogen-bond acceptors (Lipinski definition) is 4. The van der Waals surface area contributed by atoms with E-state index in [0.717, 1.165) is 36.1 Å². The molecule has 2 aromatic rings. The van der Waals surface area contributed by atoms with Crippen LogP contribution in [-0.4, -0.2) is 23.1 Å². The number of rotatable bonds is 2. The maximum Gasteiger partial charge on any atom is 0.157 e. The fourth-order valence-electron chi connectivity index (χ4n) is 2.48. The molecule has 3 heterocycles. The molecule has 0 fully saturated rings. The van der Waals surface area contributed by atoms with Gasteiger partial charge in [-0.05, 0) is 38.1 Å². The standard InChI is InChI=1S/C14H16N4/c1-3-17-11-7-5-10-16-14(11)18(4-2)12-8-6-9-15-13(12)17/h5-10H,3-4H2,1-2H3. The van der Waals surface area contributed by atoms with E-state index < -0.39 is 0 Å². The zero-order valence-corrected chi connectivity index (χ0v) is 10.7.